The van der Waals surface area contributed by atoms with Crippen LogP contribution in [0, 0.1) is 6.92 Å². The van der Waals surface area contributed by atoms with Crippen molar-refractivity contribution in [3.05, 3.63) is 122 Å². The first-order chi connectivity index (χ1) is 13.5. The number of aryl methyl sites for hydroxylation is 1. The molecular weight excluding hydrogens is 338 g/mol. The molecule has 1 heterocycles. The lowest BCUT2D eigenvalue weighted by molar-refractivity contribution is 0.974. The predicted molar refractivity (Wildman–Crippen MR) is 130 cm³/mol. The maximum atomic E-state index is 4.03. The van der Waals surface area contributed by atoms with Crippen molar-refractivity contribution in [3.8, 4) is 0 Å². The maximum absolute atomic E-state index is 4.03. The second-order valence-electron chi connectivity index (χ2n) is 5.97. The fraction of sp³-hybridized carbons (Fsp3) is 0.185. The first-order valence-electron chi connectivity index (χ1n) is 9.51. The van der Waals surface area contributed by atoms with Gasteiger partial charge in [-0.3, -0.25) is 0 Å². The molecule has 1 aromatic rings. The van der Waals surface area contributed by atoms with Gasteiger partial charge in [-0.05, 0) is 48.6 Å². The zero-order valence-corrected chi connectivity index (χ0v) is 17.9. The van der Waals surface area contributed by atoms with Gasteiger partial charge in [-0.25, -0.2) is 0 Å². The van der Waals surface area contributed by atoms with E-state index in [0.29, 0.717) is 0 Å². The van der Waals surface area contributed by atoms with Crippen LogP contribution in [0.25, 0.3) is 11.3 Å². The van der Waals surface area contributed by atoms with E-state index in [4.69, 9.17) is 0 Å². The van der Waals surface area contributed by atoms with Gasteiger partial charge in [-0.2, -0.15) is 0 Å². The molecule has 0 atom stereocenters. The maximum Gasteiger partial charge on any atom is 0.0498 e. The highest BCUT2D eigenvalue weighted by atomic mass is 14.9. The zero-order chi connectivity index (χ0) is 21.5. The van der Waals surface area contributed by atoms with Gasteiger partial charge in [0.2, 0.25) is 0 Å². The molecule has 0 spiro atoms. The van der Waals surface area contributed by atoms with E-state index in [1.54, 1.807) is 6.08 Å². The molecule has 1 heteroatoms. The zero-order valence-electron chi connectivity index (χ0n) is 17.9. The quantitative estimate of drug-likeness (QED) is 0.400. The van der Waals surface area contributed by atoms with Crippen LogP contribution < -0.4 is 5.32 Å². The van der Waals surface area contributed by atoms with Gasteiger partial charge in [0.1, 0.15) is 0 Å². The monoisotopic (exact) mass is 373 g/mol. The van der Waals surface area contributed by atoms with E-state index in [1.165, 1.54) is 5.56 Å². The predicted octanol–water partition coefficient (Wildman–Crippen LogP) is 7.58. The molecule has 0 bridgehead atoms. The van der Waals surface area contributed by atoms with Crippen molar-refractivity contribution >= 4 is 11.3 Å². The lowest BCUT2D eigenvalue weighted by Gasteiger charge is -2.22. The molecule has 0 aromatic heterocycles. The number of dihydropyridines is 1. The number of nitrogens with one attached hydrogen (secondary N) is 1. The number of benzene rings is 1. The summed E-state index contributed by atoms with van der Waals surface area (Å²) in [5.74, 6) is 0. The molecule has 2 rings (SSSR count). The summed E-state index contributed by atoms with van der Waals surface area (Å²) in [7, 11) is 0. The molecular formula is C27H35N. The fourth-order valence-corrected chi connectivity index (χ4v) is 2.71. The second kappa shape index (κ2) is 14.1. The van der Waals surface area contributed by atoms with E-state index in [2.05, 4.69) is 95.1 Å². The van der Waals surface area contributed by atoms with Crippen molar-refractivity contribution in [1.82, 2.24) is 5.32 Å². The molecule has 148 valence electrons. The fourth-order valence-electron chi connectivity index (χ4n) is 2.71. The van der Waals surface area contributed by atoms with Gasteiger partial charge in [0.15, 0.2) is 0 Å². The number of hydrogen-bond acceptors (Lipinski definition) is 1. The van der Waals surface area contributed by atoms with E-state index in [-0.39, 0.29) is 0 Å². The Bertz CT molecular complexity index is 784. The van der Waals surface area contributed by atoms with Gasteiger partial charge in [0, 0.05) is 23.4 Å². The first-order valence-corrected chi connectivity index (χ1v) is 9.51. The minimum atomic E-state index is 0.792. The molecule has 0 saturated heterocycles. The van der Waals surface area contributed by atoms with E-state index in [1.807, 2.05) is 19.1 Å². The van der Waals surface area contributed by atoms with Crippen LogP contribution in [0.4, 0.5) is 0 Å². The normalized spacial score (nSPS) is 12.5. The van der Waals surface area contributed by atoms with Crippen molar-refractivity contribution < 1.29 is 0 Å². The van der Waals surface area contributed by atoms with Gasteiger partial charge >= 0.3 is 0 Å². The Morgan fingerprint density at radius 2 is 1.82 bits per heavy atom. The molecule has 0 unspecified atom stereocenters. The van der Waals surface area contributed by atoms with Crippen LogP contribution in [-0.2, 0) is 0 Å². The highest BCUT2D eigenvalue weighted by molar-refractivity contribution is 5.81. The Labute approximate surface area is 172 Å². The van der Waals surface area contributed by atoms with Crippen molar-refractivity contribution in [2.75, 3.05) is 6.54 Å². The van der Waals surface area contributed by atoms with Gasteiger partial charge in [0.05, 0.1) is 0 Å². The van der Waals surface area contributed by atoms with Gasteiger partial charge in [0.25, 0.3) is 0 Å². The second-order valence-corrected chi connectivity index (χ2v) is 5.97. The minimum absolute atomic E-state index is 0.792. The lowest BCUT2D eigenvalue weighted by atomic mass is 9.92. The van der Waals surface area contributed by atoms with E-state index in [9.17, 15) is 0 Å². The molecule has 1 aliphatic heterocycles. The largest absolute Gasteiger partial charge is 0.381 e. The molecule has 1 nitrogen and oxygen atoms in total. The molecule has 0 saturated carbocycles. The lowest BCUT2D eigenvalue weighted by Crippen LogP contribution is -2.19. The first kappa shape index (κ1) is 24.9. The summed E-state index contributed by atoms with van der Waals surface area (Å²) in [5, 5.41) is 3.45. The van der Waals surface area contributed by atoms with Crippen molar-refractivity contribution in [2.24, 2.45) is 0 Å². The topological polar surface area (TPSA) is 12.0 Å². The summed E-state index contributed by atoms with van der Waals surface area (Å²) in [5.41, 5.74) is 7.68. The van der Waals surface area contributed by atoms with Gasteiger partial charge in [-0.1, -0.05) is 81.8 Å². The summed E-state index contributed by atoms with van der Waals surface area (Å²) >= 11 is 0. The Kier molecular flexibility index (Phi) is 12.5. The molecule has 0 fully saturated rings. The summed E-state index contributed by atoms with van der Waals surface area (Å²) in [6.07, 6.45) is 13.0. The van der Waals surface area contributed by atoms with Crippen LogP contribution in [0.3, 0.4) is 0 Å². The third kappa shape index (κ3) is 6.92. The highest BCUT2D eigenvalue weighted by Gasteiger charge is 2.15. The smallest absolute Gasteiger partial charge is 0.0498 e. The molecule has 28 heavy (non-hydrogen) atoms. The third-order valence-corrected chi connectivity index (χ3v) is 4.20. The molecule has 0 radical (unpaired) electrons. The summed E-state index contributed by atoms with van der Waals surface area (Å²) < 4.78 is 0. The number of allylic oxidation sites excluding steroid dienone is 8. The standard InChI is InChI=1S/C20H21N.C5H10.C2H4/c1-6-14(4)17-10-9-15(5)19(13-17)20-18(8-3)16(7-2)11-12-21-20;1-3-5-4-2;1-2/h6-11,13,21H,1-4,12H2,5H3;3,5H,4H2,1-2H3;1-2H2. The van der Waals surface area contributed by atoms with Crippen LogP contribution in [0.1, 0.15) is 37.0 Å². The minimum Gasteiger partial charge on any atom is -0.381 e. The van der Waals surface area contributed by atoms with Crippen molar-refractivity contribution in [3.63, 3.8) is 0 Å². The molecule has 1 aliphatic rings. The molecule has 1 N–H and O–H groups in total. The Morgan fingerprint density at radius 3 is 2.29 bits per heavy atom. The average molecular weight is 374 g/mol. The van der Waals surface area contributed by atoms with Crippen LogP contribution in [0.5, 0.6) is 0 Å². The number of hydrogen-bond donors (Lipinski definition) is 1. The van der Waals surface area contributed by atoms with Gasteiger partial charge in [-0.15, -0.1) is 13.2 Å². The Balaban J connectivity index is 0.000000906. The molecule has 1 aromatic carbocycles. The third-order valence-electron chi connectivity index (χ3n) is 4.20. The van der Waals surface area contributed by atoms with Crippen LogP contribution in [0.2, 0.25) is 0 Å². The molecule has 0 aliphatic carbocycles. The van der Waals surface area contributed by atoms with Crippen LogP contribution in [0.15, 0.2) is 105 Å². The summed E-state index contributed by atoms with van der Waals surface area (Å²) in [4.78, 5) is 0. The average Bonchev–Trinajstić information content (AvgIpc) is 2.75. The SMILES string of the molecule is C=C.C=CC(=C)c1ccc(C)c(C2=C(C=C)C(C=C)=CCN2)c1.CC=CCC. The van der Waals surface area contributed by atoms with Crippen LogP contribution in [-0.4, -0.2) is 6.54 Å². The van der Waals surface area contributed by atoms with E-state index >= 15 is 0 Å². The summed E-state index contributed by atoms with van der Waals surface area (Å²) in [6.45, 7) is 28.7. The Hall–Kier alpha value is -3.06. The highest BCUT2D eigenvalue weighted by Crippen LogP contribution is 2.30. The van der Waals surface area contributed by atoms with Crippen molar-refractivity contribution in [1.29, 1.82) is 0 Å². The van der Waals surface area contributed by atoms with Gasteiger partial charge < -0.3 is 5.32 Å². The Morgan fingerprint density at radius 1 is 1.14 bits per heavy atom. The van der Waals surface area contributed by atoms with E-state index in [0.717, 1.165) is 46.5 Å². The summed E-state index contributed by atoms with van der Waals surface area (Å²) in [6, 6.07) is 6.34. The van der Waals surface area contributed by atoms with Crippen LogP contribution >= 0.6 is 0 Å². The van der Waals surface area contributed by atoms with Crippen molar-refractivity contribution in [2.45, 2.75) is 27.2 Å². The van der Waals surface area contributed by atoms with E-state index < -0.39 is 0 Å². The number of rotatable bonds is 6. The molecule has 0 amide bonds.